The van der Waals surface area contributed by atoms with Crippen LogP contribution in [-0.2, 0) is 11.3 Å². The summed E-state index contributed by atoms with van der Waals surface area (Å²) in [7, 11) is 4.07. The molecule has 1 N–H and O–H groups in total. The van der Waals surface area contributed by atoms with E-state index in [-0.39, 0.29) is 11.9 Å². The summed E-state index contributed by atoms with van der Waals surface area (Å²) in [5.74, 6) is 0.0659. The van der Waals surface area contributed by atoms with Crippen LogP contribution in [-0.4, -0.2) is 41.0 Å². The summed E-state index contributed by atoms with van der Waals surface area (Å²) in [5.41, 5.74) is 2.03. The number of hydrogen-bond donors (Lipinski definition) is 1. The van der Waals surface area contributed by atoms with Crippen molar-refractivity contribution in [2.75, 3.05) is 20.6 Å². The Balaban J connectivity index is 1.54. The van der Waals surface area contributed by atoms with Crippen molar-refractivity contribution >= 4 is 28.3 Å². The molecule has 0 radical (unpaired) electrons. The molecule has 0 aliphatic heterocycles. The number of carbonyl (C=O) groups is 1. The predicted octanol–water partition coefficient (Wildman–Crippen LogP) is 2.91. The zero-order chi connectivity index (χ0) is 16.9. The van der Waals surface area contributed by atoms with Gasteiger partial charge in [0.2, 0.25) is 5.91 Å². The van der Waals surface area contributed by atoms with Crippen molar-refractivity contribution in [3.8, 4) is 0 Å². The van der Waals surface area contributed by atoms with Crippen LogP contribution in [0.25, 0.3) is 11.0 Å². The van der Waals surface area contributed by atoms with Crippen LogP contribution < -0.4 is 5.32 Å². The summed E-state index contributed by atoms with van der Waals surface area (Å²) in [6.07, 6.45) is 2.25. The average Bonchev–Trinajstić information content (AvgIpc) is 3.23. The van der Waals surface area contributed by atoms with Crippen molar-refractivity contribution in [2.24, 2.45) is 0 Å². The first kappa shape index (κ1) is 16.7. The minimum atomic E-state index is 0.0659. The normalized spacial score (nSPS) is 12.6. The Kier molecular flexibility index (Phi) is 5.27. The van der Waals surface area contributed by atoms with E-state index in [0.29, 0.717) is 19.5 Å². The Labute approximate surface area is 145 Å². The molecule has 2 heterocycles. The molecule has 0 aliphatic carbocycles. The van der Waals surface area contributed by atoms with Gasteiger partial charge in [0, 0.05) is 24.4 Å². The maximum Gasteiger partial charge on any atom is 0.221 e. The third kappa shape index (κ3) is 3.83. The van der Waals surface area contributed by atoms with Crippen LogP contribution in [0.3, 0.4) is 0 Å². The first-order valence-corrected chi connectivity index (χ1v) is 8.89. The van der Waals surface area contributed by atoms with Gasteiger partial charge in [0.15, 0.2) is 0 Å². The lowest BCUT2D eigenvalue weighted by molar-refractivity contribution is -0.121. The van der Waals surface area contributed by atoms with Crippen LogP contribution in [0.5, 0.6) is 0 Å². The number of amides is 1. The largest absolute Gasteiger partial charge is 0.354 e. The molecule has 1 atom stereocenters. The number of fused-ring (bicyclic) bond motifs is 1. The van der Waals surface area contributed by atoms with E-state index in [1.165, 1.54) is 4.88 Å². The molecule has 0 bridgehead atoms. The summed E-state index contributed by atoms with van der Waals surface area (Å²) >= 11 is 1.72. The van der Waals surface area contributed by atoms with Crippen LogP contribution in [0.1, 0.15) is 17.3 Å². The van der Waals surface area contributed by atoms with Crippen molar-refractivity contribution in [3.63, 3.8) is 0 Å². The molecular weight excluding hydrogens is 320 g/mol. The predicted molar refractivity (Wildman–Crippen MR) is 98.1 cm³/mol. The highest BCUT2D eigenvalue weighted by Gasteiger charge is 2.16. The number of para-hydroxylation sites is 2. The molecular formula is C18H22N4OS. The lowest BCUT2D eigenvalue weighted by Crippen LogP contribution is -2.34. The van der Waals surface area contributed by atoms with E-state index in [9.17, 15) is 4.79 Å². The average molecular weight is 342 g/mol. The fourth-order valence-electron chi connectivity index (χ4n) is 2.73. The lowest BCUT2D eigenvalue weighted by Gasteiger charge is -2.23. The van der Waals surface area contributed by atoms with Gasteiger partial charge < -0.3 is 14.8 Å². The third-order valence-corrected chi connectivity index (χ3v) is 5.07. The maximum atomic E-state index is 12.2. The quantitative estimate of drug-likeness (QED) is 0.718. The van der Waals surface area contributed by atoms with E-state index in [4.69, 9.17) is 0 Å². The van der Waals surface area contributed by atoms with Crippen molar-refractivity contribution in [3.05, 3.63) is 53.0 Å². The number of likely N-dealkylation sites (N-methyl/N-ethyl adjacent to an activating group) is 1. The van der Waals surface area contributed by atoms with Gasteiger partial charge in [0.25, 0.3) is 0 Å². The zero-order valence-corrected chi connectivity index (χ0v) is 14.8. The topological polar surface area (TPSA) is 50.2 Å². The molecule has 0 spiro atoms. The minimum Gasteiger partial charge on any atom is -0.354 e. The molecule has 0 saturated heterocycles. The summed E-state index contributed by atoms with van der Waals surface area (Å²) in [5, 5.41) is 5.12. The Hall–Kier alpha value is -2.18. The van der Waals surface area contributed by atoms with Crippen LogP contribution >= 0.6 is 11.3 Å². The molecule has 3 aromatic rings. The maximum absolute atomic E-state index is 12.2. The standard InChI is InChI=1S/C18H22N4OS/c1-21(2)16(17-8-5-11-24-17)12-19-18(23)9-10-22-13-20-14-6-3-4-7-15(14)22/h3-8,11,13,16H,9-10,12H2,1-2H3,(H,19,23). The molecule has 2 aromatic heterocycles. The number of aromatic nitrogens is 2. The van der Waals surface area contributed by atoms with Gasteiger partial charge in [-0.15, -0.1) is 11.3 Å². The van der Waals surface area contributed by atoms with Crippen LogP contribution in [0.15, 0.2) is 48.1 Å². The van der Waals surface area contributed by atoms with Gasteiger partial charge in [0.05, 0.1) is 23.4 Å². The summed E-state index contributed by atoms with van der Waals surface area (Å²) < 4.78 is 2.03. The van der Waals surface area contributed by atoms with Gasteiger partial charge in [-0.05, 0) is 37.7 Å². The molecule has 0 saturated carbocycles. The molecule has 1 amide bonds. The lowest BCUT2D eigenvalue weighted by atomic mass is 10.2. The van der Waals surface area contributed by atoms with Gasteiger partial charge >= 0.3 is 0 Å². The van der Waals surface area contributed by atoms with Gasteiger partial charge in [-0.3, -0.25) is 4.79 Å². The molecule has 1 aromatic carbocycles. The number of nitrogens with one attached hydrogen (secondary N) is 1. The Morgan fingerprint density at radius 2 is 2.12 bits per heavy atom. The highest BCUT2D eigenvalue weighted by molar-refractivity contribution is 7.10. The molecule has 1 unspecified atom stereocenters. The number of benzene rings is 1. The van der Waals surface area contributed by atoms with E-state index in [1.807, 2.05) is 49.0 Å². The second-order valence-corrected chi connectivity index (χ2v) is 6.95. The van der Waals surface area contributed by atoms with Gasteiger partial charge in [-0.2, -0.15) is 0 Å². The number of aryl methyl sites for hydroxylation is 1. The van der Waals surface area contributed by atoms with Crippen LogP contribution in [0.4, 0.5) is 0 Å². The second kappa shape index (κ2) is 7.59. The van der Waals surface area contributed by atoms with Crippen molar-refractivity contribution in [1.82, 2.24) is 19.8 Å². The summed E-state index contributed by atoms with van der Waals surface area (Å²) in [6.45, 7) is 1.26. The van der Waals surface area contributed by atoms with Crippen molar-refractivity contribution in [1.29, 1.82) is 0 Å². The van der Waals surface area contributed by atoms with E-state index < -0.39 is 0 Å². The number of thiophene rings is 1. The highest BCUT2D eigenvalue weighted by atomic mass is 32.1. The molecule has 24 heavy (non-hydrogen) atoms. The smallest absolute Gasteiger partial charge is 0.221 e. The van der Waals surface area contributed by atoms with Gasteiger partial charge in [0.1, 0.15) is 0 Å². The Morgan fingerprint density at radius 1 is 1.29 bits per heavy atom. The molecule has 0 fully saturated rings. The fourth-order valence-corrected chi connectivity index (χ4v) is 3.65. The van der Waals surface area contributed by atoms with Crippen LogP contribution in [0.2, 0.25) is 0 Å². The first-order chi connectivity index (χ1) is 11.6. The molecule has 3 rings (SSSR count). The molecule has 126 valence electrons. The molecule has 5 nitrogen and oxygen atoms in total. The highest BCUT2D eigenvalue weighted by Crippen LogP contribution is 2.22. The minimum absolute atomic E-state index is 0.0659. The number of nitrogens with zero attached hydrogens (tertiary/aromatic N) is 3. The fraction of sp³-hybridized carbons (Fsp3) is 0.333. The van der Waals surface area contributed by atoms with E-state index in [2.05, 4.69) is 26.6 Å². The van der Waals surface area contributed by atoms with Crippen LogP contribution in [0, 0.1) is 0 Å². The van der Waals surface area contributed by atoms with E-state index in [0.717, 1.165) is 11.0 Å². The number of hydrogen-bond acceptors (Lipinski definition) is 4. The van der Waals surface area contributed by atoms with E-state index in [1.54, 1.807) is 17.7 Å². The zero-order valence-electron chi connectivity index (χ0n) is 14.0. The summed E-state index contributed by atoms with van der Waals surface area (Å²) in [6, 6.07) is 12.3. The second-order valence-electron chi connectivity index (χ2n) is 5.98. The number of imidazole rings is 1. The monoisotopic (exact) mass is 342 g/mol. The third-order valence-electron chi connectivity index (χ3n) is 4.09. The Morgan fingerprint density at radius 3 is 2.88 bits per heavy atom. The Bertz CT molecular complexity index is 794. The number of rotatable bonds is 7. The van der Waals surface area contributed by atoms with Gasteiger partial charge in [-0.25, -0.2) is 4.98 Å². The first-order valence-electron chi connectivity index (χ1n) is 8.01. The molecule has 0 aliphatic rings. The molecule has 6 heteroatoms. The SMILES string of the molecule is CN(C)C(CNC(=O)CCn1cnc2ccccc21)c1cccs1. The van der Waals surface area contributed by atoms with E-state index >= 15 is 0 Å². The van der Waals surface area contributed by atoms with Crippen molar-refractivity contribution in [2.45, 2.75) is 19.0 Å². The summed E-state index contributed by atoms with van der Waals surface area (Å²) in [4.78, 5) is 20.0. The van der Waals surface area contributed by atoms with Crippen molar-refractivity contribution < 1.29 is 4.79 Å². The van der Waals surface area contributed by atoms with Gasteiger partial charge in [-0.1, -0.05) is 18.2 Å². The number of carbonyl (C=O) groups excluding carboxylic acids is 1.